The van der Waals surface area contributed by atoms with Crippen LogP contribution in [0.2, 0.25) is 0 Å². The third kappa shape index (κ3) is 4.62. The monoisotopic (exact) mass is 423 g/mol. The van der Waals surface area contributed by atoms with Crippen LogP contribution in [0, 0.1) is 12.8 Å². The molecular weight excluding hydrogens is 394 g/mol. The lowest BCUT2D eigenvalue weighted by Gasteiger charge is -2.38. The molecule has 3 heterocycles. The van der Waals surface area contributed by atoms with Crippen LogP contribution in [0.25, 0.3) is 0 Å². The van der Waals surface area contributed by atoms with Crippen molar-refractivity contribution in [2.45, 2.75) is 19.8 Å². The fourth-order valence-corrected chi connectivity index (χ4v) is 4.30. The van der Waals surface area contributed by atoms with Crippen molar-refractivity contribution in [1.82, 2.24) is 19.8 Å². The van der Waals surface area contributed by atoms with E-state index in [1.54, 1.807) is 31.6 Å². The molecule has 31 heavy (non-hydrogen) atoms. The molecule has 0 saturated carbocycles. The highest BCUT2D eigenvalue weighted by Gasteiger charge is 2.32. The Morgan fingerprint density at radius 1 is 0.968 bits per heavy atom. The van der Waals surface area contributed by atoms with E-state index in [9.17, 15) is 9.59 Å². The van der Waals surface area contributed by atoms with Crippen molar-refractivity contribution < 1.29 is 14.3 Å². The number of piperazine rings is 1. The van der Waals surface area contributed by atoms with Crippen LogP contribution in [0.15, 0.2) is 36.7 Å². The fourth-order valence-electron chi connectivity index (χ4n) is 4.30. The summed E-state index contributed by atoms with van der Waals surface area (Å²) in [6.45, 7) is 5.79. The predicted molar refractivity (Wildman–Crippen MR) is 117 cm³/mol. The van der Waals surface area contributed by atoms with E-state index in [1.807, 2.05) is 28.9 Å². The van der Waals surface area contributed by atoms with E-state index in [1.165, 1.54) is 0 Å². The van der Waals surface area contributed by atoms with E-state index in [2.05, 4.69) is 14.9 Å². The number of hydrogen-bond donors (Lipinski definition) is 0. The number of methoxy groups -OCH3 is 1. The number of anilines is 1. The molecule has 0 aliphatic carbocycles. The number of benzene rings is 1. The van der Waals surface area contributed by atoms with Gasteiger partial charge in [0, 0.05) is 63.1 Å². The molecule has 0 atom stereocenters. The van der Waals surface area contributed by atoms with Gasteiger partial charge in [-0.1, -0.05) is 6.07 Å². The number of nitrogens with zero attached hydrogens (tertiary/aromatic N) is 5. The Morgan fingerprint density at radius 3 is 2.26 bits per heavy atom. The summed E-state index contributed by atoms with van der Waals surface area (Å²) < 4.78 is 5.34. The lowest BCUT2D eigenvalue weighted by molar-refractivity contribution is -0.137. The van der Waals surface area contributed by atoms with Crippen molar-refractivity contribution in [1.29, 1.82) is 0 Å². The van der Waals surface area contributed by atoms with Crippen molar-refractivity contribution >= 4 is 17.8 Å². The molecule has 0 N–H and O–H groups in total. The molecule has 0 bridgehead atoms. The van der Waals surface area contributed by atoms with Gasteiger partial charge in [-0.05, 0) is 43.5 Å². The first-order chi connectivity index (χ1) is 15.1. The van der Waals surface area contributed by atoms with Gasteiger partial charge >= 0.3 is 0 Å². The van der Waals surface area contributed by atoms with Crippen LogP contribution in [0.4, 0.5) is 5.95 Å². The summed E-state index contributed by atoms with van der Waals surface area (Å²) in [6, 6.07) is 7.33. The zero-order valence-electron chi connectivity index (χ0n) is 18.2. The molecule has 1 aromatic heterocycles. The minimum absolute atomic E-state index is 0.0124. The van der Waals surface area contributed by atoms with Crippen LogP contribution in [0.5, 0.6) is 5.75 Å². The number of aryl methyl sites for hydroxylation is 1. The van der Waals surface area contributed by atoms with Crippen molar-refractivity contribution in [3.8, 4) is 5.75 Å². The molecule has 8 nitrogen and oxygen atoms in total. The number of hydrogen-bond acceptors (Lipinski definition) is 6. The molecular formula is C23H29N5O3. The highest BCUT2D eigenvalue weighted by atomic mass is 16.5. The summed E-state index contributed by atoms with van der Waals surface area (Å²) in [5.41, 5.74) is 1.62. The standard InChI is InChI=1S/C23H29N5O3/c1-17-4-5-19(16-20(17)31-2)22(30)27-14-12-26(13-15-27)21(29)18-6-10-28(11-7-18)23-24-8-3-9-25-23/h3-5,8-9,16,18H,6-7,10-15H2,1-2H3. The number of rotatable bonds is 4. The summed E-state index contributed by atoms with van der Waals surface area (Å²) in [7, 11) is 1.61. The van der Waals surface area contributed by atoms with E-state index in [-0.39, 0.29) is 17.7 Å². The molecule has 2 aliphatic rings. The van der Waals surface area contributed by atoms with Gasteiger partial charge in [-0.2, -0.15) is 0 Å². The lowest BCUT2D eigenvalue weighted by atomic mass is 9.95. The highest BCUT2D eigenvalue weighted by Crippen LogP contribution is 2.24. The Bertz CT molecular complexity index is 920. The third-order valence-corrected chi connectivity index (χ3v) is 6.21. The van der Waals surface area contributed by atoms with E-state index in [4.69, 9.17) is 4.74 Å². The maximum absolute atomic E-state index is 13.0. The second kappa shape index (κ2) is 9.32. The van der Waals surface area contributed by atoms with Gasteiger partial charge in [0.1, 0.15) is 5.75 Å². The van der Waals surface area contributed by atoms with Crippen molar-refractivity contribution in [3.05, 3.63) is 47.8 Å². The molecule has 2 aliphatic heterocycles. The zero-order chi connectivity index (χ0) is 21.8. The van der Waals surface area contributed by atoms with E-state index < -0.39 is 0 Å². The normalized spacial score (nSPS) is 17.5. The van der Waals surface area contributed by atoms with Crippen LogP contribution < -0.4 is 9.64 Å². The molecule has 2 aromatic rings. The molecule has 4 rings (SSSR count). The molecule has 2 saturated heterocycles. The quantitative estimate of drug-likeness (QED) is 0.749. The summed E-state index contributed by atoms with van der Waals surface area (Å²) in [5, 5.41) is 0. The van der Waals surface area contributed by atoms with Crippen LogP contribution in [-0.4, -0.2) is 78.0 Å². The second-order valence-electron chi connectivity index (χ2n) is 8.11. The lowest BCUT2D eigenvalue weighted by Crippen LogP contribution is -2.53. The Labute approximate surface area is 182 Å². The summed E-state index contributed by atoms with van der Waals surface area (Å²) in [4.78, 5) is 40.4. The van der Waals surface area contributed by atoms with E-state index >= 15 is 0 Å². The van der Waals surface area contributed by atoms with Gasteiger partial charge in [-0.15, -0.1) is 0 Å². The second-order valence-corrected chi connectivity index (χ2v) is 8.11. The Balaban J connectivity index is 1.29. The molecule has 164 valence electrons. The molecule has 0 radical (unpaired) electrons. The number of amides is 2. The van der Waals surface area contributed by atoms with Gasteiger partial charge in [0.25, 0.3) is 5.91 Å². The highest BCUT2D eigenvalue weighted by molar-refractivity contribution is 5.95. The number of carbonyl (C=O) groups excluding carboxylic acids is 2. The van der Waals surface area contributed by atoms with Crippen molar-refractivity contribution in [3.63, 3.8) is 0 Å². The Morgan fingerprint density at radius 2 is 1.61 bits per heavy atom. The number of carbonyl (C=O) groups is 2. The van der Waals surface area contributed by atoms with Gasteiger partial charge in [0.05, 0.1) is 7.11 Å². The maximum Gasteiger partial charge on any atom is 0.254 e. The summed E-state index contributed by atoms with van der Waals surface area (Å²) in [6.07, 6.45) is 5.10. The van der Waals surface area contributed by atoms with Gasteiger partial charge in [0.2, 0.25) is 11.9 Å². The number of aromatic nitrogens is 2. The predicted octanol–water partition coefficient (Wildman–Crippen LogP) is 1.99. The molecule has 0 spiro atoms. The first-order valence-electron chi connectivity index (χ1n) is 10.8. The number of piperidine rings is 1. The van der Waals surface area contributed by atoms with Crippen LogP contribution in [0.3, 0.4) is 0 Å². The molecule has 8 heteroatoms. The van der Waals surface area contributed by atoms with Crippen LogP contribution in [-0.2, 0) is 4.79 Å². The number of ether oxygens (including phenoxy) is 1. The minimum Gasteiger partial charge on any atom is -0.496 e. The summed E-state index contributed by atoms with van der Waals surface area (Å²) >= 11 is 0. The molecule has 2 amide bonds. The first-order valence-corrected chi connectivity index (χ1v) is 10.8. The fraction of sp³-hybridized carbons (Fsp3) is 0.478. The summed E-state index contributed by atoms with van der Waals surface area (Å²) in [5.74, 6) is 1.67. The topological polar surface area (TPSA) is 78.9 Å². The van der Waals surface area contributed by atoms with Gasteiger partial charge in [-0.25, -0.2) is 9.97 Å². The molecule has 2 fully saturated rings. The third-order valence-electron chi connectivity index (χ3n) is 6.21. The Kier molecular flexibility index (Phi) is 6.34. The Hall–Kier alpha value is -3.16. The van der Waals surface area contributed by atoms with E-state index in [0.717, 1.165) is 37.4 Å². The van der Waals surface area contributed by atoms with Gasteiger partial charge in [-0.3, -0.25) is 9.59 Å². The smallest absolute Gasteiger partial charge is 0.254 e. The van der Waals surface area contributed by atoms with Crippen LogP contribution >= 0.6 is 0 Å². The average Bonchev–Trinajstić information content (AvgIpc) is 2.84. The largest absolute Gasteiger partial charge is 0.496 e. The zero-order valence-corrected chi connectivity index (χ0v) is 18.2. The van der Waals surface area contributed by atoms with Crippen molar-refractivity contribution in [2.24, 2.45) is 5.92 Å². The van der Waals surface area contributed by atoms with Gasteiger partial charge < -0.3 is 19.4 Å². The van der Waals surface area contributed by atoms with Gasteiger partial charge in [0.15, 0.2) is 0 Å². The SMILES string of the molecule is COc1cc(C(=O)N2CCN(C(=O)C3CCN(c4ncccn4)CC3)CC2)ccc1C. The van der Waals surface area contributed by atoms with Crippen molar-refractivity contribution in [2.75, 3.05) is 51.3 Å². The first kappa shape index (κ1) is 21.1. The molecule has 0 unspecified atom stereocenters. The minimum atomic E-state index is -0.0124. The molecule has 1 aromatic carbocycles. The maximum atomic E-state index is 13.0. The average molecular weight is 424 g/mol. The van der Waals surface area contributed by atoms with Crippen LogP contribution in [0.1, 0.15) is 28.8 Å². The van der Waals surface area contributed by atoms with E-state index in [0.29, 0.717) is 37.5 Å².